The van der Waals surface area contributed by atoms with Gasteiger partial charge in [-0.2, -0.15) is 16.4 Å². The second kappa shape index (κ2) is 6.45. The van der Waals surface area contributed by atoms with Crippen LogP contribution in [0.5, 0.6) is 0 Å². The SMILES string of the molecule is O=C(Nc1cc(-c2ccsc2)[nH]n1)C1CCN(c2ccncc2)C1. The first kappa shape index (κ1) is 14.9. The lowest BCUT2D eigenvalue weighted by atomic mass is 10.1. The van der Waals surface area contributed by atoms with Gasteiger partial charge in [-0.1, -0.05) is 0 Å². The predicted octanol–water partition coefficient (Wildman–Crippen LogP) is 3.00. The highest BCUT2D eigenvalue weighted by molar-refractivity contribution is 7.08. The maximum absolute atomic E-state index is 12.5. The molecule has 0 bridgehead atoms. The van der Waals surface area contributed by atoms with Gasteiger partial charge >= 0.3 is 0 Å². The molecule has 122 valence electrons. The van der Waals surface area contributed by atoms with Crippen LogP contribution in [0, 0.1) is 5.92 Å². The summed E-state index contributed by atoms with van der Waals surface area (Å²) in [6.07, 6.45) is 4.40. The number of aromatic amines is 1. The third kappa shape index (κ3) is 3.03. The van der Waals surface area contributed by atoms with Gasteiger partial charge in [0.15, 0.2) is 5.82 Å². The molecule has 0 aromatic carbocycles. The topological polar surface area (TPSA) is 73.9 Å². The van der Waals surface area contributed by atoms with Crippen LogP contribution in [-0.2, 0) is 4.79 Å². The van der Waals surface area contributed by atoms with Crippen LogP contribution in [0.4, 0.5) is 11.5 Å². The summed E-state index contributed by atoms with van der Waals surface area (Å²) in [4.78, 5) is 18.7. The molecule has 0 saturated carbocycles. The number of rotatable bonds is 4. The number of H-pyrrole nitrogens is 1. The molecule has 4 heterocycles. The maximum Gasteiger partial charge on any atom is 0.230 e. The standard InChI is InChI=1S/C17H17N5OS/c23-17(12-3-7-22(10-12)14-1-5-18-6-2-14)19-16-9-15(20-21-16)13-4-8-24-11-13/h1-2,4-6,8-9,11-12H,3,7,10H2,(H2,19,20,21,23). The quantitative estimate of drug-likeness (QED) is 0.766. The average Bonchev–Trinajstić information content (AvgIpc) is 3.36. The van der Waals surface area contributed by atoms with Crippen LogP contribution in [0.1, 0.15) is 6.42 Å². The van der Waals surface area contributed by atoms with Crippen molar-refractivity contribution in [3.63, 3.8) is 0 Å². The van der Waals surface area contributed by atoms with Crippen LogP contribution >= 0.6 is 11.3 Å². The molecule has 1 aliphatic rings. The zero-order valence-electron chi connectivity index (χ0n) is 13.0. The Kier molecular flexibility index (Phi) is 4.00. The number of hydrogen-bond donors (Lipinski definition) is 2. The van der Waals surface area contributed by atoms with Crippen molar-refractivity contribution >= 4 is 28.7 Å². The Balaban J connectivity index is 1.39. The van der Waals surface area contributed by atoms with Crippen LogP contribution in [0.3, 0.4) is 0 Å². The van der Waals surface area contributed by atoms with Gasteiger partial charge in [0.2, 0.25) is 5.91 Å². The van der Waals surface area contributed by atoms with E-state index in [9.17, 15) is 4.79 Å². The minimum atomic E-state index is -0.0283. The van der Waals surface area contributed by atoms with Crippen LogP contribution < -0.4 is 10.2 Å². The van der Waals surface area contributed by atoms with Crippen molar-refractivity contribution in [2.45, 2.75) is 6.42 Å². The fourth-order valence-corrected chi connectivity index (χ4v) is 3.60. The van der Waals surface area contributed by atoms with E-state index in [1.807, 2.05) is 35.0 Å². The van der Waals surface area contributed by atoms with Gasteiger partial charge in [0.1, 0.15) is 0 Å². The molecule has 1 aliphatic heterocycles. The summed E-state index contributed by atoms with van der Waals surface area (Å²) in [6.45, 7) is 1.60. The molecule has 1 unspecified atom stereocenters. The van der Waals surface area contributed by atoms with Crippen molar-refractivity contribution < 1.29 is 4.79 Å². The van der Waals surface area contributed by atoms with Gasteiger partial charge in [-0.3, -0.25) is 14.9 Å². The number of carbonyl (C=O) groups is 1. The Morgan fingerprint density at radius 1 is 1.33 bits per heavy atom. The summed E-state index contributed by atoms with van der Waals surface area (Å²) in [5, 5.41) is 14.1. The summed E-state index contributed by atoms with van der Waals surface area (Å²) >= 11 is 1.63. The van der Waals surface area contributed by atoms with Crippen molar-refractivity contribution in [2.24, 2.45) is 5.92 Å². The van der Waals surface area contributed by atoms with Crippen LogP contribution in [-0.4, -0.2) is 34.2 Å². The second-order valence-electron chi connectivity index (χ2n) is 5.81. The molecule has 3 aromatic rings. The van der Waals surface area contributed by atoms with Gasteiger partial charge in [0.25, 0.3) is 0 Å². The third-order valence-electron chi connectivity index (χ3n) is 4.25. The van der Waals surface area contributed by atoms with E-state index in [0.717, 1.165) is 36.5 Å². The number of thiophene rings is 1. The average molecular weight is 339 g/mol. The Morgan fingerprint density at radius 3 is 3.00 bits per heavy atom. The molecule has 1 amide bonds. The molecule has 1 saturated heterocycles. The van der Waals surface area contributed by atoms with Gasteiger partial charge in [-0.05, 0) is 30.0 Å². The molecular formula is C17H17N5OS. The van der Waals surface area contributed by atoms with Crippen molar-refractivity contribution in [3.05, 3.63) is 47.4 Å². The van der Waals surface area contributed by atoms with Gasteiger partial charge in [-0.25, -0.2) is 0 Å². The minimum absolute atomic E-state index is 0.0231. The molecule has 2 N–H and O–H groups in total. The van der Waals surface area contributed by atoms with Gasteiger partial charge < -0.3 is 10.2 Å². The number of nitrogens with one attached hydrogen (secondary N) is 2. The van der Waals surface area contributed by atoms with Gasteiger partial charge in [0, 0.05) is 48.2 Å². The van der Waals surface area contributed by atoms with E-state index in [0.29, 0.717) is 5.82 Å². The molecule has 6 nitrogen and oxygen atoms in total. The molecule has 1 fully saturated rings. The van der Waals surface area contributed by atoms with Gasteiger partial charge in [0.05, 0.1) is 11.6 Å². The fourth-order valence-electron chi connectivity index (χ4n) is 2.94. The van der Waals surface area contributed by atoms with Crippen LogP contribution in [0.15, 0.2) is 47.4 Å². The van der Waals surface area contributed by atoms with E-state index in [1.54, 1.807) is 23.7 Å². The number of carbonyl (C=O) groups excluding carboxylic acids is 1. The largest absolute Gasteiger partial charge is 0.371 e. The molecule has 4 rings (SSSR count). The zero-order chi connectivity index (χ0) is 16.4. The second-order valence-corrected chi connectivity index (χ2v) is 6.59. The number of pyridine rings is 1. The van der Waals surface area contributed by atoms with E-state index in [2.05, 4.69) is 25.4 Å². The normalized spacial score (nSPS) is 17.2. The third-order valence-corrected chi connectivity index (χ3v) is 4.93. The Bertz CT molecular complexity index is 815. The molecule has 0 spiro atoms. The molecule has 0 radical (unpaired) electrons. The zero-order valence-corrected chi connectivity index (χ0v) is 13.8. The van der Waals surface area contributed by atoms with E-state index in [1.165, 1.54) is 0 Å². The van der Waals surface area contributed by atoms with E-state index >= 15 is 0 Å². The van der Waals surface area contributed by atoms with E-state index in [4.69, 9.17) is 0 Å². The summed E-state index contributed by atoms with van der Waals surface area (Å²) < 4.78 is 0. The van der Waals surface area contributed by atoms with Crippen LogP contribution in [0.25, 0.3) is 11.3 Å². The highest BCUT2D eigenvalue weighted by Crippen LogP contribution is 2.25. The monoisotopic (exact) mass is 339 g/mol. The number of anilines is 2. The van der Waals surface area contributed by atoms with Crippen molar-refractivity contribution in [1.82, 2.24) is 15.2 Å². The smallest absolute Gasteiger partial charge is 0.230 e. The first-order valence-corrected chi connectivity index (χ1v) is 8.78. The molecule has 1 atom stereocenters. The fraction of sp³-hybridized carbons (Fsp3) is 0.235. The lowest BCUT2D eigenvalue weighted by Crippen LogP contribution is -2.27. The summed E-state index contributed by atoms with van der Waals surface area (Å²) in [5.74, 6) is 0.568. The van der Waals surface area contributed by atoms with Gasteiger partial charge in [-0.15, -0.1) is 0 Å². The predicted molar refractivity (Wildman–Crippen MR) is 95.1 cm³/mol. The molecule has 3 aromatic heterocycles. The molecular weight excluding hydrogens is 322 g/mol. The molecule has 7 heteroatoms. The highest BCUT2D eigenvalue weighted by atomic mass is 32.1. The summed E-state index contributed by atoms with van der Waals surface area (Å²) in [5.41, 5.74) is 3.11. The highest BCUT2D eigenvalue weighted by Gasteiger charge is 2.28. The Hall–Kier alpha value is -2.67. The lowest BCUT2D eigenvalue weighted by Gasteiger charge is -2.17. The molecule has 0 aliphatic carbocycles. The first-order valence-electron chi connectivity index (χ1n) is 7.83. The number of hydrogen-bond acceptors (Lipinski definition) is 5. The first-order chi connectivity index (χ1) is 11.8. The lowest BCUT2D eigenvalue weighted by molar-refractivity contribution is -0.119. The van der Waals surface area contributed by atoms with Crippen molar-refractivity contribution in [1.29, 1.82) is 0 Å². The van der Waals surface area contributed by atoms with E-state index < -0.39 is 0 Å². The minimum Gasteiger partial charge on any atom is -0.371 e. The van der Waals surface area contributed by atoms with E-state index in [-0.39, 0.29) is 11.8 Å². The summed E-state index contributed by atoms with van der Waals surface area (Å²) in [6, 6.07) is 7.84. The number of aromatic nitrogens is 3. The van der Waals surface area contributed by atoms with Crippen molar-refractivity contribution in [2.75, 3.05) is 23.3 Å². The Morgan fingerprint density at radius 2 is 2.21 bits per heavy atom. The number of amides is 1. The number of nitrogens with zero attached hydrogens (tertiary/aromatic N) is 3. The van der Waals surface area contributed by atoms with Crippen molar-refractivity contribution in [3.8, 4) is 11.3 Å². The van der Waals surface area contributed by atoms with Crippen LogP contribution in [0.2, 0.25) is 0 Å². The molecule has 24 heavy (non-hydrogen) atoms. The Labute approximate surface area is 143 Å². The summed E-state index contributed by atoms with van der Waals surface area (Å²) in [7, 11) is 0. The maximum atomic E-state index is 12.5.